The van der Waals surface area contributed by atoms with Crippen LogP contribution in [0.15, 0.2) is 48.5 Å². The van der Waals surface area contributed by atoms with E-state index in [1.807, 2.05) is 64.9 Å². The highest BCUT2D eigenvalue weighted by Crippen LogP contribution is 2.36. The van der Waals surface area contributed by atoms with Crippen LogP contribution in [0.2, 0.25) is 5.02 Å². The van der Waals surface area contributed by atoms with E-state index in [4.69, 9.17) is 21.1 Å². The van der Waals surface area contributed by atoms with Crippen molar-refractivity contribution in [1.82, 2.24) is 14.5 Å². The largest absolute Gasteiger partial charge is 0.488 e. The molecule has 0 saturated carbocycles. The Bertz CT molecular complexity index is 1110. The zero-order valence-electron chi connectivity index (χ0n) is 17.6. The van der Waals surface area contributed by atoms with Crippen LogP contribution in [0, 0.1) is 6.92 Å². The number of rotatable bonds is 4. The third-order valence-electron chi connectivity index (χ3n) is 6.30. The van der Waals surface area contributed by atoms with E-state index < -0.39 is 0 Å². The fourth-order valence-corrected chi connectivity index (χ4v) is 5.02. The standard InChI is InChI=1S/C24H26ClN3O3/c1-17-26-21-8-2-3-9-22(21)28(17)14-23(29)27-11-5-10-24(16-27)13-20(15-30-24)31-19-7-4-6-18(25)12-19/h2-4,6-9,12,20H,5,10-11,13-16H2,1H3/t20-,24-/m1/s1. The molecule has 162 valence electrons. The molecule has 2 aliphatic heterocycles. The summed E-state index contributed by atoms with van der Waals surface area (Å²) in [7, 11) is 0. The lowest BCUT2D eigenvalue weighted by Crippen LogP contribution is -2.51. The van der Waals surface area contributed by atoms with Crippen LogP contribution < -0.4 is 4.74 Å². The summed E-state index contributed by atoms with van der Waals surface area (Å²) < 4.78 is 14.3. The number of nitrogens with zero attached hydrogens (tertiary/aromatic N) is 3. The van der Waals surface area contributed by atoms with Crippen molar-refractivity contribution in [3.05, 3.63) is 59.4 Å². The Morgan fingerprint density at radius 2 is 2.16 bits per heavy atom. The highest BCUT2D eigenvalue weighted by Gasteiger charge is 2.45. The highest BCUT2D eigenvalue weighted by atomic mass is 35.5. The topological polar surface area (TPSA) is 56.6 Å². The molecule has 6 nitrogen and oxygen atoms in total. The first-order chi connectivity index (χ1) is 15.0. The number of piperidine rings is 1. The van der Waals surface area contributed by atoms with Crippen LogP contribution in [0.25, 0.3) is 11.0 Å². The van der Waals surface area contributed by atoms with Crippen molar-refractivity contribution < 1.29 is 14.3 Å². The maximum absolute atomic E-state index is 13.2. The molecule has 31 heavy (non-hydrogen) atoms. The van der Waals surface area contributed by atoms with Crippen LogP contribution in [-0.4, -0.2) is 51.8 Å². The molecule has 2 atom stereocenters. The SMILES string of the molecule is Cc1nc2ccccc2n1CC(=O)N1CCC[C@@]2(C[C@@H](Oc3cccc(Cl)c3)CO2)C1. The molecule has 3 heterocycles. The van der Waals surface area contributed by atoms with Crippen molar-refractivity contribution in [2.75, 3.05) is 19.7 Å². The van der Waals surface area contributed by atoms with Gasteiger partial charge >= 0.3 is 0 Å². The minimum Gasteiger partial charge on any atom is -0.488 e. The van der Waals surface area contributed by atoms with Crippen LogP contribution in [0.1, 0.15) is 25.1 Å². The normalized spacial score (nSPS) is 23.5. The number of para-hydroxylation sites is 2. The monoisotopic (exact) mass is 439 g/mol. The molecule has 0 N–H and O–H groups in total. The fourth-order valence-electron chi connectivity index (χ4n) is 4.84. The molecule has 7 heteroatoms. The number of halogens is 1. The number of likely N-dealkylation sites (tertiary alicyclic amines) is 1. The first-order valence-corrected chi connectivity index (χ1v) is 11.1. The van der Waals surface area contributed by atoms with Gasteiger partial charge in [0.15, 0.2) is 0 Å². The summed E-state index contributed by atoms with van der Waals surface area (Å²) in [6.45, 7) is 4.13. The highest BCUT2D eigenvalue weighted by molar-refractivity contribution is 6.30. The number of hydrogen-bond acceptors (Lipinski definition) is 4. The summed E-state index contributed by atoms with van der Waals surface area (Å²) in [6, 6.07) is 15.4. The second-order valence-corrected chi connectivity index (χ2v) is 8.98. The quantitative estimate of drug-likeness (QED) is 0.610. The molecule has 0 unspecified atom stereocenters. The number of hydrogen-bond donors (Lipinski definition) is 0. The van der Waals surface area contributed by atoms with Gasteiger partial charge in [-0.1, -0.05) is 29.8 Å². The Balaban J connectivity index is 1.26. The summed E-state index contributed by atoms with van der Waals surface area (Å²) in [6.07, 6.45) is 2.61. The zero-order chi connectivity index (χ0) is 21.4. The van der Waals surface area contributed by atoms with Crippen LogP contribution in [0.3, 0.4) is 0 Å². The lowest BCUT2D eigenvalue weighted by atomic mass is 9.89. The second-order valence-electron chi connectivity index (χ2n) is 8.55. The molecule has 3 aromatic rings. The number of aryl methyl sites for hydroxylation is 1. The molecule has 2 saturated heterocycles. The number of carbonyl (C=O) groups excluding carboxylic acids is 1. The molecule has 1 amide bonds. The van der Waals surface area contributed by atoms with E-state index in [0.29, 0.717) is 24.7 Å². The summed E-state index contributed by atoms with van der Waals surface area (Å²) in [5.74, 6) is 1.71. The van der Waals surface area contributed by atoms with Gasteiger partial charge in [-0.25, -0.2) is 4.98 Å². The van der Waals surface area contributed by atoms with Crippen molar-refractivity contribution in [2.24, 2.45) is 0 Å². The van der Waals surface area contributed by atoms with Gasteiger partial charge in [0.1, 0.15) is 24.2 Å². The fraction of sp³-hybridized carbons (Fsp3) is 0.417. The molecular weight excluding hydrogens is 414 g/mol. The van der Waals surface area contributed by atoms with E-state index in [-0.39, 0.29) is 17.6 Å². The predicted octanol–water partition coefficient (Wildman–Crippen LogP) is 4.23. The number of imidazole rings is 1. The number of ether oxygens (including phenoxy) is 2. The van der Waals surface area contributed by atoms with Crippen molar-refractivity contribution in [2.45, 2.75) is 44.4 Å². The van der Waals surface area contributed by atoms with Crippen molar-refractivity contribution in [3.8, 4) is 5.75 Å². The van der Waals surface area contributed by atoms with Crippen molar-refractivity contribution >= 4 is 28.5 Å². The Morgan fingerprint density at radius 3 is 3.03 bits per heavy atom. The Kier molecular flexibility index (Phi) is 5.36. The van der Waals surface area contributed by atoms with Gasteiger partial charge in [-0.05, 0) is 50.1 Å². The van der Waals surface area contributed by atoms with Crippen LogP contribution in [0.4, 0.5) is 0 Å². The second kappa shape index (κ2) is 8.17. The third-order valence-corrected chi connectivity index (χ3v) is 6.54. The van der Waals surface area contributed by atoms with Gasteiger partial charge < -0.3 is 18.9 Å². The molecule has 2 aliphatic rings. The smallest absolute Gasteiger partial charge is 0.242 e. The number of carbonyl (C=O) groups is 1. The summed E-state index contributed by atoms with van der Waals surface area (Å²) in [4.78, 5) is 19.7. The molecule has 0 bridgehead atoms. The van der Waals surface area contributed by atoms with Gasteiger partial charge in [0.2, 0.25) is 5.91 Å². The number of aromatic nitrogens is 2. The molecule has 1 spiro atoms. The van der Waals surface area contributed by atoms with Gasteiger partial charge in [0.05, 0.1) is 23.2 Å². The van der Waals surface area contributed by atoms with Gasteiger partial charge in [-0.3, -0.25) is 4.79 Å². The first-order valence-electron chi connectivity index (χ1n) is 10.8. The summed E-state index contributed by atoms with van der Waals surface area (Å²) in [5, 5.41) is 0.655. The molecule has 1 aromatic heterocycles. The Hall–Kier alpha value is -2.57. The predicted molar refractivity (Wildman–Crippen MR) is 119 cm³/mol. The maximum Gasteiger partial charge on any atom is 0.242 e. The van der Waals surface area contributed by atoms with Gasteiger partial charge in [-0.15, -0.1) is 0 Å². The minimum absolute atomic E-state index is 0.0339. The molecular formula is C24H26ClN3O3. The molecule has 5 rings (SSSR count). The lowest BCUT2D eigenvalue weighted by molar-refractivity contribution is -0.139. The van der Waals surface area contributed by atoms with E-state index in [1.165, 1.54) is 0 Å². The number of benzene rings is 2. The average molecular weight is 440 g/mol. The molecule has 0 radical (unpaired) electrons. The summed E-state index contributed by atoms with van der Waals surface area (Å²) >= 11 is 6.07. The zero-order valence-corrected chi connectivity index (χ0v) is 18.3. The van der Waals surface area contributed by atoms with E-state index in [0.717, 1.165) is 48.4 Å². The van der Waals surface area contributed by atoms with Gasteiger partial charge in [0, 0.05) is 24.5 Å². The Labute approximate surface area is 186 Å². The van der Waals surface area contributed by atoms with E-state index in [9.17, 15) is 4.79 Å². The van der Waals surface area contributed by atoms with Crippen molar-refractivity contribution in [3.63, 3.8) is 0 Å². The van der Waals surface area contributed by atoms with Crippen molar-refractivity contribution in [1.29, 1.82) is 0 Å². The summed E-state index contributed by atoms with van der Waals surface area (Å²) in [5.41, 5.74) is 1.58. The number of fused-ring (bicyclic) bond motifs is 1. The lowest BCUT2D eigenvalue weighted by Gasteiger charge is -2.39. The first kappa shape index (κ1) is 20.3. The average Bonchev–Trinajstić information content (AvgIpc) is 3.28. The minimum atomic E-state index is -0.330. The molecule has 0 aliphatic carbocycles. The number of amides is 1. The van der Waals surface area contributed by atoms with E-state index >= 15 is 0 Å². The van der Waals surface area contributed by atoms with Crippen LogP contribution in [-0.2, 0) is 16.1 Å². The van der Waals surface area contributed by atoms with Crippen LogP contribution in [0.5, 0.6) is 5.75 Å². The van der Waals surface area contributed by atoms with Gasteiger partial charge in [0.25, 0.3) is 0 Å². The van der Waals surface area contributed by atoms with E-state index in [2.05, 4.69) is 4.98 Å². The molecule has 2 fully saturated rings. The van der Waals surface area contributed by atoms with Crippen LogP contribution >= 0.6 is 11.6 Å². The molecule has 2 aromatic carbocycles. The van der Waals surface area contributed by atoms with E-state index in [1.54, 1.807) is 0 Å². The van der Waals surface area contributed by atoms with Gasteiger partial charge in [-0.2, -0.15) is 0 Å². The maximum atomic E-state index is 13.2. The Morgan fingerprint density at radius 1 is 1.29 bits per heavy atom. The third kappa shape index (κ3) is 4.14.